The van der Waals surface area contributed by atoms with Crippen LogP contribution in [0, 0.1) is 13.8 Å². The number of alkyl halides is 3. The normalized spacial score (nSPS) is 12.0. The first-order valence-corrected chi connectivity index (χ1v) is 11.8. The Bertz CT molecular complexity index is 1570. The zero-order valence-corrected chi connectivity index (χ0v) is 21.6. The highest BCUT2D eigenvalue weighted by atomic mass is 35.5. The molecule has 0 aliphatic rings. The van der Waals surface area contributed by atoms with Gasteiger partial charge in [-0.2, -0.15) is 18.2 Å². The van der Waals surface area contributed by atoms with E-state index >= 15 is 0 Å². The number of nitrogens with zero attached hydrogens (tertiary/aromatic N) is 5. The van der Waals surface area contributed by atoms with E-state index in [-0.39, 0.29) is 34.9 Å². The summed E-state index contributed by atoms with van der Waals surface area (Å²) in [5.74, 6) is 0.265. The Kier molecular flexibility index (Phi) is 7.26. The highest BCUT2D eigenvalue weighted by Gasteiger charge is 2.32. The minimum Gasteiger partial charge on any atom is -0.470 e. The number of benzene rings is 1. The Morgan fingerprint density at radius 3 is 2.45 bits per heavy atom. The Labute approximate surface area is 220 Å². The van der Waals surface area contributed by atoms with Crippen molar-refractivity contribution in [2.75, 3.05) is 0 Å². The van der Waals surface area contributed by atoms with E-state index in [0.29, 0.717) is 16.9 Å². The molecule has 0 bridgehead atoms. The van der Waals surface area contributed by atoms with E-state index in [1.165, 1.54) is 16.7 Å². The molecule has 0 fully saturated rings. The van der Waals surface area contributed by atoms with Crippen LogP contribution in [0.25, 0.3) is 16.9 Å². The molecule has 0 radical (unpaired) electrons. The van der Waals surface area contributed by atoms with Gasteiger partial charge in [0.05, 0.1) is 17.1 Å². The summed E-state index contributed by atoms with van der Waals surface area (Å²) in [5.41, 5.74) is -0.459. The van der Waals surface area contributed by atoms with Gasteiger partial charge in [-0.3, -0.25) is 9.36 Å². The largest absolute Gasteiger partial charge is 0.470 e. The van der Waals surface area contributed by atoms with Crippen LogP contribution in [0.3, 0.4) is 0 Å². The van der Waals surface area contributed by atoms with Crippen molar-refractivity contribution >= 4 is 11.6 Å². The topological polar surface area (TPSA) is 103 Å². The van der Waals surface area contributed by atoms with Gasteiger partial charge in [0.25, 0.3) is 5.56 Å². The predicted molar refractivity (Wildman–Crippen MR) is 134 cm³/mol. The lowest BCUT2D eigenvalue weighted by Gasteiger charge is -2.18. The van der Waals surface area contributed by atoms with Gasteiger partial charge in [0.1, 0.15) is 23.7 Å². The Hall–Kier alpha value is -3.83. The molecule has 1 aromatic carbocycles. The maximum Gasteiger partial charge on any atom is 0.433 e. The van der Waals surface area contributed by atoms with E-state index in [4.69, 9.17) is 16.3 Å². The van der Waals surface area contributed by atoms with Gasteiger partial charge in [-0.05, 0) is 57.5 Å². The summed E-state index contributed by atoms with van der Waals surface area (Å²) in [5, 5.41) is 9.98. The van der Waals surface area contributed by atoms with Crippen molar-refractivity contribution in [1.82, 2.24) is 24.5 Å². The zero-order valence-electron chi connectivity index (χ0n) is 20.8. The van der Waals surface area contributed by atoms with E-state index < -0.39 is 23.0 Å². The first kappa shape index (κ1) is 27.2. The Morgan fingerprint density at radius 2 is 1.76 bits per heavy atom. The molecule has 0 saturated heterocycles. The molecule has 1 N–H and O–H groups in total. The van der Waals surface area contributed by atoms with Crippen molar-refractivity contribution in [3.63, 3.8) is 0 Å². The highest BCUT2D eigenvalue weighted by Crippen LogP contribution is 2.29. The fraction of sp³-hybridized carbons (Fsp3) is 0.269. The Balaban J connectivity index is 1.67. The molecule has 0 spiro atoms. The first-order chi connectivity index (χ1) is 17.8. The van der Waals surface area contributed by atoms with Crippen molar-refractivity contribution in [1.29, 1.82) is 0 Å². The van der Waals surface area contributed by atoms with E-state index in [1.807, 2.05) is 13.0 Å². The lowest BCUT2D eigenvalue weighted by molar-refractivity contribution is -0.141. The van der Waals surface area contributed by atoms with Crippen LogP contribution in [0.2, 0.25) is 5.02 Å². The minimum atomic E-state index is -4.60. The predicted octanol–water partition coefficient (Wildman–Crippen LogP) is 5.18. The molecule has 0 unspecified atom stereocenters. The molecule has 0 aliphatic heterocycles. The molecule has 0 aliphatic carbocycles. The van der Waals surface area contributed by atoms with Gasteiger partial charge in [-0.1, -0.05) is 29.8 Å². The van der Waals surface area contributed by atoms with Crippen LogP contribution >= 0.6 is 11.6 Å². The summed E-state index contributed by atoms with van der Waals surface area (Å²) < 4.78 is 45.6. The van der Waals surface area contributed by atoms with Crippen LogP contribution in [0.5, 0.6) is 5.88 Å². The first-order valence-electron chi connectivity index (χ1n) is 11.4. The molecule has 3 heterocycles. The molecule has 198 valence electrons. The quantitative estimate of drug-likeness (QED) is 0.356. The molecule has 4 rings (SSSR count). The average molecular weight is 546 g/mol. The van der Waals surface area contributed by atoms with Gasteiger partial charge in [-0.25, -0.2) is 15.0 Å². The van der Waals surface area contributed by atoms with Crippen LogP contribution in [-0.2, 0) is 18.4 Å². The molecule has 38 heavy (non-hydrogen) atoms. The third kappa shape index (κ3) is 5.68. The maximum absolute atomic E-state index is 13.2. The molecule has 0 atom stereocenters. The molecule has 8 nitrogen and oxygen atoms in total. The number of pyridine rings is 1. The van der Waals surface area contributed by atoms with Crippen LogP contribution in [0.1, 0.15) is 42.4 Å². The molecule has 0 amide bonds. The monoisotopic (exact) mass is 545 g/mol. The number of aliphatic hydroxyl groups is 1. The van der Waals surface area contributed by atoms with E-state index in [2.05, 4.69) is 19.9 Å². The third-order valence-electron chi connectivity index (χ3n) is 5.52. The van der Waals surface area contributed by atoms with Gasteiger partial charge in [0, 0.05) is 11.8 Å². The second-order valence-electron chi connectivity index (χ2n) is 9.05. The van der Waals surface area contributed by atoms with Gasteiger partial charge in [0.2, 0.25) is 5.88 Å². The van der Waals surface area contributed by atoms with Crippen LogP contribution in [-0.4, -0.2) is 29.6 Å². The van der Waals surface area contributed by atoms with E-state index in [0.717, 1.165) is 11.6 Å². The summed E-state index contributed by atoms with van der Waals surface area (Å²) in [7, 11) is 0. The van der Waals surface area contributed by atoms with E-state index in [1.54, 1.807) is 45.2 Å². The minimum absolute atomic E-state index is 0.00197. The molecule has 4 aromatic rings. The number of hydrogen-bond donors (Lipinski definition) is 1. The lowest BCUT2D eigenvalue weighted by atomic mass is 10.0. The summed E-state index contributed by atoms with van der Waals surface area (Å²) in [6, 6.07) is 10.4. The van der Waals surface area contributed by atoms with Gasteiger partial charge in [0.15, 0.2) is 10.8 Å². The van der Waals surface area contributed by atoms with E-state index in [9.17, 15) is 23.1 Å². The fourth-order valence-electron chi connectivity index (χ4n) is 3.66. The highest BCUT2D eigenvalue weighted by molar-refractivity contribution is 6.31. The number of hydrogen-bond acceptors (Lipinski definition) is 7. The smallest absolute Gasteiger partial charge is 0.433 e. The second-order valence-corrected chi connectivity index (χ2v) is 9.43. The van der Waals surface area contributed by atoms with Crippen molar-refractivity contribution in [2.45, 2.75) is 46.1 Å². The van der Waals surface area contributed by atoms with Crippen molar-refractivity contribution < 1.29 is 23.0 Å². The van der Waals surface area contributed by atoms with Gasteiger partial charge < -0.3 is 9.84 Å². The summed E-state index contributed by atoms with van der Waals surface area (Å²) in [6.45, 7) is 6.20. The lowest BCUT2D eigenvalue weighted by Crippen LogP contribution is -2.23. The molecule has 12 heteroatoms. The standard InChI is InChI=1S/C26H23ClF3N5O3/c1-14-12-31-24(25(3,4)37)34-21(14)16-7-5-9-18(11-16)35-15(2)32-22(20(27)23(35)36)38-13-17-8-6-10-19(33-17)26(28,29)30/h5-12,37H,13H2,1-4H3. The number of aromatic nitrogens is 5. The van der Waals surface area contributed by atoms with Crippen LogP contribution in [0.4, 0.5) is 13.2 Å². The van der Waals surface area contributed by atoms with Gasteiger partial charge in [-0.15, -0.1) is 0 Å². The molecular weight excluding hydrogens is 523 g/mol. The van der Waals surface area contributed by atoms with Crippen LogP contribution in [0.15, 0.2) is 53.5 Å². The zero-order chi connectivity index (χ0) is 27.8. The van der Waals surface area contributed by atoms with Crippen molar-refractivity contribution in [2.24, 2.45) is 0 Å². The summed E-state index contributed by atoms with van der Waals surface area (Å²) >= 11 is 6.27. The average Bonchev–Trinajstić information content (AvgIpc) is 2.85. The second kappa shape index (κ2) is 10.1. The van der Waals surface area contributed by atoms with Crippen molar-refractivity contribution in [3.05, 3.63) is 92.6 Å². The SMILES string of the molecule is Cc1cnc(C(C)(C)O)nc1-c1cccc(-n2c(C)nc(OCc3cccc(C(F)(F)F)n3)c(Cl)c2=O)c1. The number of aryl methyl sites for hydroxylation is 2. The van der Waals surface area contributed by atoms with Crippen molar-refractivity contribution in [3.8, 4) is 22.8 Å². The fourth-order valence-corrected chi connectivity index (χ4v) is 3.85. The Morgan fingerprint density at radius 1 is 1.05 bits per heavy atom. The number of ether oxygens (including phenoxy) is 1. The third-order valence-corrected chi connectivity index (χ3v) is 5.84. The molecular formula is C26H23ClF3N5O3. The number of rotatable bonds is 6. The number of halogens is 4. The summed E-state index contributed by atoms with van der Waals surface area (Å²) in [4.78, 5) is 29.7. The molecule has 3 aromatic heterocycles. The maximum atomic E-state index is 13.2. The summed E-state index contributed by atoms with van der Waals surface area (Å²) in [6.07, 6.45) is -2.98. The van der Waals surface area contributed by atoms with Gasteiger partial charge >= 0.3 is 6.18 Å². The van der Waals surface area contributed by atoms with Crippen LogP contribution < -0.4 is 10.3 Å². The molecule has 0 saturated carbocycles.